The molecule has 33 heavy (non-hydrogen) atoms. The minimum absolute atomic E-state index is 0.0161. The number of ether oxygens (including phenoxy) is 2. The molecule has 0 aliphatic heterocycles. The van der Waals surface area contributed by atoms with E-state index in [1.165, 1.54) is 6.08 Å². The number of carboxylic acids is 1. The molecule has 0 radical (unpaired) electrons. The van der Waals surface area contributed by atoms with Crippen molar-refractivity contribution in [2.45, 2.75) is 39.5 Å². The molecule has 1 unspecified atom stereocenters. The summed E-state index contributed by atoms with van der Waals surface area (Å²) < 4.78 is 11.4. The summed E-state index contributed by atoms with van der Waals surface area (Å²) in [7, 11) is 0. The topological polar surface area (TPSA) is 84.9 Å². The minimum Gasteiger partial charge on any atom is -0.492 e. The van der Waals surface area contributed by atoms with Crippen LogP contribution in [0.1, 0.15) is 45.1 Å². The van der Waals surface area contributed by atoms with E-state index in [1.807, 2.05) is 0 Å². The summed E-state index contributed by atoms with van der Waals surface area (Å²) in [5.74, 6) is 0.133. The number of hydrogen-bond donors (Lipinski definition) is 2. The molecular weight excluding hydrogens is 465 g/mol. The average molecular weight is 494 g/mol. The van der Waals surface area contributed by atoms with Crippen molar-refractivity contribution in [1.82, 2.24) is 0 Å². The molecule has 0 bridgehead atoms. The van der Waals surface area contributed by atoms with E-state index in [4.69, 9.17) is 37.8 Å². The Morgan fingerprint density at radius 2 is 1.85 bits per heavy atom. The summed E-state index contributed by atoms with van der Waals surface area (Å²) in [5.41, 5.74) is 1.07. The van der Waals surface area contributed by atoms with E-state index < -0.39 is 5.97 Å². The zero-order chi connectivity index (χ0) is 24.2. The second-order valence-corrected chi connectivity index (χ2v) is 8.41. The predicted octanol–water partition coefficient (Wildman–Crippen LogP) is 6.70. The fourth-order valence-corrected chi connectivity index (χ4v) is 3.48. The number of anilines is 1. The number of amides is 1. The molecule has 0 saturated carbocycles. The van der Waals surface area contributed by atoms with Gasteiger partial charge in [-0.15, -0.1) is 0 Å². The highest BCUT2D eigenvalue weighted by Gasteiger charge is 2.12. The number of carboxylic acid groups (broad SMARTS) is 1. The van der Waals surface area contributed by atoms with Gasteiger partial charge in [-0.2, -0.15) is 0 Å². The van der Waals surface area contributed by atoms with E-state index in [0.717, 1.165) is 12.8 Å². The number of para-hydroxylation sites is 2. The Bertz CT molecular complexity index is 977. The molecule has 2 aromatic rings. The molecule has 1 amide bonds. The number of carbonyl (C=O) groups excluding carboxylic acids is 1. The first-order valence-electron chi connectivity index (χ1n) is 10.8. The Hall–Kier alpha value is -2.70. The molecule has 0 aliphatic carbocycles. The maximum absolute atomic E-state index is 12.4. The highest BCUT2D eigenvalue weighted by Crippen LogP contribution is 2.35. The predicted molar refractivity (Wildman–Crippen MR) is 132 cm³/mol. The van der Waals surface area contributed by atoms with Crippen molar-refractivity contribution in [2.75, 3.05) is 18.5 Å². The van der Waals surface area contributed by atoms with Crippen molar-refractivity contribution in [3.8, 4) is 11.5 Å². The number of halogens is 2. The van der Waals surface area contributed by atoms with Crippen LogP contribution in [0.2, 0.25) is 10.0 Å². The molecule has 2 rings (SSSR count). The van der Waals surface area contributed by atoms with Crippen LogP contribution in [-0.2, 0) is 9.59 Å². The number of hydrogen-bond acceptors (Lipinski definition) is 4. The number of rotatable bonds is 13. The third-order valence-electron chi connectivity index (χ3n) is 4.73. The molecule has 6 nitrogen and oxygen atoms in total. The highest BCUT2D eigenvalue weighted by molar-refractivity contribution is 6.43. The average Bonchev–Trinajstić information content (AvgIpc) is 2.78. The van der Waals surface area contributed by atoms with Crippen molar-refractivity contribution in [1.29, 1.82) is 0 Å². The van der Waals surface area contributed by atoms with Gasteiger partial charge in [0.2, 0.25) is 5.91 Å². The van der Waals surface area contributed by atoms with Crippen LogP contribution in [0.5, 0.6) is 11.5 Å². The molecule has 1 atom stereocenters. The van der Waals surface area contributed by atoms with Crippen LogP contribution >= 0.6 is 23.2 Å². The molecule has 0 fully saturated rings. The monoisotopic (exact) mass is 493 g/mol. The Morgan fingerprint density at radius 1 is 1.09 bits per heavy atom. The first-order valence-corrected chi connectivity index (χ1v) is 11.6. The maximum Gasteiger partial charge on any atom is 0.303 e. The van der Waals surface area contributed by atoms with Crippen molar-refractivity contribution in [2.24, 2.45) is 5.92 Å². The minimum atomic E-state index is -0.880. The largest absolute Gasteiger partial charge is 0.492 e. The zero-order valence-corrected chi connectivity index (χ0v) is 20.3. The van der Waals surface area contributed by atoms with Gasteiger partial charge in [0, 0.05) is 12.5 Å². The van der Waals surface area contributed by atoms with Crippen LogP contribution in [0.3, 0.4) is 0 Å². The molecular formula is C25H29Cl2NO5. The quantitative estimate of drug-likeness (QED) is 0.239. The van der Waals surface area contributed by atoms with Gasteiger partial charge in [-0.1, -0.05) is 55.6 Å². The standard InChI is InChI=1S/C25H29Cl2NO5/c1-3-7-17(2)16-33-21-13-11-18(24(26)25(21)27)12-14-22(29)28-19-8-4-5-9-20(19)32-15-6-10-23(30)31/h4-5,8-9,11-14,17H,3,6-7,10,15-16H2,1-2H3,(H,28,29)(H,30,31). The summed E-state index contributed by atoms with van der Waals surface area (Å²) in [6.45, 7) is 5.04. The summed E-state index contributed by atoms with van der Waals surface area (Å²) in [4.78, 5) is 23.0. The molecule has 2 N–H and O–H groups in total. The summed E-state index contributed by atoms with van der Waals surface area (Å²) in [5, 5.41) is 12.1. The molecule has 0 heterocycles. The van der Waals surface area contributed by atoms with E-state index in [2.05, 4.69) is 19.2 Å². The van der Waals surface area contributed by atoms with Crippen LogP contribution in [0.25, 0.3) is 6.08 Å². The van der Waals surface area contributed by atoms with E-state index >= 15 is 0 Å². The molecule has 2 aromatic carbocycles. The first kappa shape index (κ1) is 26.6. The molecule has 0 aliphatic rings. The van der Waals surface area contributed by atoms with Gasteiger partial charge in [-0.25, -0.2) is 0 Å². The smallest absolute Gasteiger partial charge is 0.303 e. The third-order valence-corrected chi connectivity index (χ3v) is 5.61. The summed E-state index contributed by atoms with van der Waals surface area (Å²) >= 11 is 12.7. The van der Waals surface area contributed by atoms with Gasteiger partial charge in [-0.05, 0) is 54.7 Å². The fraction of sp³-hybridized carbons (Fsp3) is 0.360. The van der Waals surface area contributed by atoms with Gasteiger partial charge in [-0.3, -0.25) is 9.59 Å². The Labute approximate surface area is 204 Å². The first-order chi connectivity index (χ1) is 15.8. The third kappa shape index (κ3) is 8.98. The number of aliphatic carboxylic acids is 1. The van der Waals surface area contributed by atoms with E-state index in [-0.39, 0.29) is 18.9 Å². The van der Waals surface area contributed by atoms with Crippen LogP contribution < -0.4 is 14.8 Å². The van der Waals surface area contributed by atoms with Crippen LogP contribution in [-0.4, -0.2) is 30.2 Å². The Morgan fingerprint density at radius 3 is 2.58 bits per heavy atom. The molecule has 0 aromatic heterocycles. The lowest BCUT2D eigenvalue weighted by Gasteiger charge is -2.14. The van der Waals surface area contributed by atoms with Crippen LogP contribution in [0, 0.1) is 5.92 Å². The second-order valence-electron chi connectivity index (χ2n) is 7.65. The molecule has 178 valence electrons. The molecule has 0 spiro atoms. The van der Waals surface area contributed by atoms with Crippen molar-refractivity contribution >= 4 is 46.8 Å². The highest BCUT2D eigenvalue weighted by atomic mass is 35.5. The van der Waals surface area contributed by atoms with Crippen molar-refractivity contribution in [3.05, 3.63) is 58.1 Å². The molecule has 0 saturated heterocycles. The number of benzene rings is 2. The number of carbonyl (C=O) groups is 2. The summed E-state index contributed by atoms with van der Waals surface area (Å²) in [6, 6.07) is 10.4. The zero-order valence-electron chi connectivity index (χ0n) is 18.8. The number of nitrogens with one attached hydrogen (secondary N) is 1. The van der Waals surface area contributed by atoms with Crippen LogP contribution in [0.15, 0.2) is 42.5 Å². The lowest BCUT2D eigenvalue weighted by Crippen LogP contribution is -2.10. The second kappa shape index (κ2) is 13.8. The van der Waals surface area contributed by atoms with Gasteiger partial charge in [0.05, 0.1) is 23.9 Å². The van der Waals surface area contributed by atoms with Gasteiger partial charge in [0.1, 0.15) is 16.5 Å². The van der Waals surface area contributed by atoms with Crippen molar-refractivity contribution in [3.63, 3.8) is 0 Å². The van der Waals surface area contributed by atoms with E-state index in [0.29, 0.717) is 51.7 Å². The molecule has 8 heteroatoms. The van der Waals surface area contributed by atoms with Gasteiger partial charge >= 0.3 is 5.97 Å². The Balaban J connectivity index is 1.99. The fourth-order valence-electron chi connectivity index (χ4n) is 3.04. The Kier molecular flexibility index (Phi) is 11.1. The van der Waals surface area contributed by atoms with E-state index in [9.17, 15) is 9.59 Å². The van der Waals surface area contributed by atoms with Crippen LogP contribution in [0.4, 0.5) is 5.69 Å². The normalized spacial score (nSPS) is 11.9. The lowest BCUT2D eigenvalue weighted by atomic mass is 10.1. The van der Waals surface area contributed by atoms with Gasteiger partial charge < -0.3 is 19.9 Å². The van der Waals surface area contributed by atoms with Crippen molar-refractivity contribution < 1.29 is 24.2 Å². The SMILES string of the molecule is CCCC(C)COc1ccc(C=CC(=O)Nc2ccccc2OCCCC(=O)O)c(Cl)c1Cl. The maximum atomic E-state index is 12.4. The summed E-state index contributed by atoms with van der Waals surface area (Å²) in [6.07, 6.45) is 5.46. The lowest BCUT2D eigenvalue weighted by molar-refractivity contribution is -0.137. The van der Waals surface area contributed by atoms with Gasteiger partial charge in [0.25, 0.3) is 0 Å². The van der Waals surface area contributed by atoms with Gasteiger partial charge in [0.15, 0.2) is 0 Å². The van der Waals surface area contributed by atoms with E-state index in [1.54, 1.807) is 42.5 Å².